The standard InChI is InChI=1S/C23H36Cl2N8/c1-18-26-22-20(21(24)27-23(25)28-22)33(18)17-15-13-11-9-7-5-3-4-6-8-10-12-14-16-19-29-30-31-32(19)2/h3-17H2,1-2H3. The van der Waals surface area contributed by atoms with E-state index in [2.05, 4.69) is 35.0 Å². The van der Waals surface area contributed by atoms with Gasteiger partial charge in [-0.3, -0.25) is 0 Å². The molecule has 0 aliphatic heterocycles. The molecular weight excluding hydrogens is 459 g/mol. The second kappa shape index (κ2) is 13.8. The first-order valence-corrected chi connectivity index (χ1v) is 13.1. The molecule has 0 aliphatic carbocycles. The summed E-state index contributed by atoms with van der Waals surface area (Å²) in [5.41, 5.74) is 1.37. The Labute approximate surface area is 206 Å². The van der Waals surface area contributed by atoms with E-state index in [1.807, 2.05) is 14.0 Å². The topological polar surface area (TPSA) is 87.2 Å². The normalized spacial score (nSPS) is 11.6. The molecule has 0 radical (unpaired) electrons. The summed E-state index contributed by atoms with van der Waals surface area (Å²) in [6.07, 6.45) is 17.8. The molecule has 0 bridgehead atoms. The number of halogens is 2. The highest BCUT2D eigenvalue weighted by Crippen LogP contribution is 2.24. The molecule has 0 saturated carbocycles. The number of aromatic nitrogens is 8. The van der Waals surface area contributed by atoms with Crippen LogP contribution in [0, 0.1) is 6.92 Å². The molecule has 0 atom stereocenters. The molecule has 33 heavy (non-hydrogen) atoms. The number of hydrogen-bond acceptors (Lipinski definition) is 6. The van der Waals surface area contributed by atoms with Crippen LogP contribution in [0.15, 0.2) is 0 Å². The summed E-state index contributed by atoms with van der Waals surface area (Å²) in [5, 5.41) is 12.1. The number of unbranched alkanes of at least 4 members (excludes halogenated alkanes) is 12. The highest BCUT2D eigenvalue weighted by Gasteiger charge is 2.14. The molecule has 3 rings (SSSR count). The molecule has 10 heteroatoms. The van der Waals surface area contributed by atoms with Crippen LogP contribution in [0.5, 0.6) is 0 Å². The van der Waals surface area contributed by atoms with Crippen LogP contribution >= 0.6 is 23.2 Å². The number of imidazole rings is 1. The van der Waals surface area contributed by atoms with Gasteiger partial charge in [-0.05, 0) is 41.8 Å². The van der Waals surface area contributed by atoms with Gasteiger partial charge in [0.05, 0.1) is 0 Å². The average Bonchev–Trinajstić information content (AvgIpc) is 3.32. The van der Waals surface area contributed by atoms with Crippen LogP contribution in [0.1, 0.15) is 95.1 Å². The van der Waals surface area contributed by atoms with Gasteiger partial charge in [0.25, 0.3) is 0 Å². The van der Waals surface area contributed by atoms with E-state index >= 15 is 0 Å². The monoisotopic (exact) mass is 494 g/mol. The van der Waals surface area contributed by atoms with Crippen molar-refractivity contribution in [2.24, 2.45) is 7.05 Å². The van der Waals surface area contributed by atoms with Gasteiger partial charge in [0.1, 0.15) is 11.3 Å². The molecule has 3 aromatic rings. The highest BCUT2D eigenvalue weighted by atomic mass is 35.5. The van der Waals surface area contributed by atoms with Crippen molar-refractivity contribution in [2.75, 3.05) is 0 Å². The number of fused-ring (bicyclic) bond motifs is 1. The molecule has 0 fully saturated rings. The second-order valence-corrected chi connectivity index (χ2v) is 9.53. The van der Waals surface area contributed by atoms with Gasteiger partial charge in [-0.1, -0.05) is 82.2 Å². The van der Waals surface area contributed by atoms with Crippen LogP contribution in [0.2, 0.25) is 10.4 Å². The fourth-order valence-corrected chi connectivity index (χ4v) is 4.78. The van der Waals surface area contributed by atoms with E-state index in [9.17, 15) is 0 Å². The summed E-state index contributed by atoms with van der Waals surface area (Å²) >= 11 is 12.2. The van der Waals surface area contributed by atoms with Crippen LogP contribution < -0.4 is 0 Å². The first-order valence-electron chi connectivity index (χ1n) is 12.3. The van der Waals surface area contributed by atoms with Gasteiger partial charge in [0.2, 0.25) is 5.28 Å². The Kier molecular flexibility index (Phi) is 10.8. The van der Waals surface area contributed by atoms with Crippen LogP contribution in [-0.2, 0) is 20.0 Å². The van der Waals surface area contributed by atoms with Crippen LogP contribution in [0.3, 0.4) is 0 Å². The zero-order valence-corrected chi connectivity index (χ0v) is 21.5. The van der Waals surface area contributed by atoms with Crippen molar-refractivity contribution < 1.29 is 0 Å². The van der Waals surface area contributed by atoms with Gasteiger partial charge in [-0.25, -0.2) is 14.6 Å². The van der Waals surface area contributed by atoms with Crippen LogP contribution in [0.25, 0.3) is 11.2 Å². The van der Waals surface area contributed by atoms with Crippen molar-refractivity contribution in [3.63, 3.8) is 0 Å². The maximum Gasteiger partial charge on any atom is 0.225 e. The lowest BCUT2D eigenvalue weighted by Crippen LogP contribution is -2.01. The number of tetrazole rings is 1. The van der Waals surface area contributed by atoms with E-state index in [0.717, 1.165) is 36.6 Å². The Bertz CT molecular complexity index is 984. The quantitative estimate of drug-likeness (QED) is 0.132. The van der Waals surface area contributed by atoms with E-state index in [-0.39, 0.29) is 5.28 Å². The third-order valence-corrected chi connectivity index (χ3v) is 6.65. The average molecular weight is 496 g/mol. The number of hydrogen-bond donors (Lipinski definition) is 0. The SMILES string of the molecule is Cc1nc2nc(Cl)nc(Cl)c2n1CCCCCCCCCCCCCCCc1nnnn1C. The van der Waals surface area contributed by atoms with Gasteiger partial charge in [-0.15, -0.1) is 5.10 Å². The van der Waals surface area contributed by atoms with Crippen LogP contribution in [0.4, 0.5) is 0 Å². The van der Waals surface area contributed by atoms with E-state index < -0.39 is 0 Å². The summed E-state index contributed by atoms with van der Waals surface area (Å²) < 4.78 is 3.88. The van der Waals surface area contributed by atoms with Crippen molar-refractivity contribution >= 4 is 34.4 Å². The molecule has 0 saturated heterocycles. The lowest BCUT2D eigenvalue weighted by atomic mass is 10.0. The van der Waals surface area contributed by atoms with Gasteiger partial charge in [-0.2, -0.15) is 4.98 Å². The van der Waals surface area contributed by atoms with Gasteiger partial charge in [0, 0.05) is 20.0 Å². The molecule has 0 N–H and O–H groups in total. The maximum atomic E-state index is 6.27. The lowest BCUT2D eigenvalue weighted by molar-refractivity contribution is 0.523. The Hall–Kier alpha value is -1.80. The first kappa shape index (κ1) is 25.8. The molecular formula is C23H36Cl2N8. The fourth-order valence-electron chi connectivity index (χ4n) is 4.31. The Balaban J connectivity index is 1.14. The maximum absolute atomic E-state index is 6.27. The smallest absolute Gasteiger partial charge is 0.225 e. The molecule has 0 unspecified atom stereocenters. The molecule has 8 nitrogen and oxygen atoms in total. The minimum atomic E-state index is 0.143. The van der Waals surface area contributed by atoms with E-state index in [0.29, 0.717) is 10.8 Å². The number of rotatable bonds is 16. The van der Waals surface area contributed by atoms with Gasteiger partial charge in [0.15, 0.2) is 16.6 Å². The summed E-state index contributed by atoms with van der Waals surface area (Å²) in [4.78, 5) is 12.7. The van der Waals surface area contributed by atoms with Crippen molar-refractivity contribution in [1.29, 1.82) is 0 Å². The zero-order valence-electron chi connectivity index (χ0n) is 19.9. The molecule has 0 aromatic carbocycles. The van der Waals surface area contributed by atoms with Gasteiger partial charge >= 0.3 is 0 Å². The molecule has 0 aliphatic rings. The van der Waals surface area contributed by atoms with Gasteiger partial charge < -0.3 is 4.57 Å². The Morgan fingerprint density at radius 1 is 0.727 bits per heavy atom. The Morgan fingerprint density at radius 2 is 1.30 bits per heavy atom. The Morgan fingerprint density at radius 3 is 1.88 bits per heavy atom. The minimum absolute atomic E-state index is 0.143. The van der Waals surface area contributed by atoms with E-state index in [4.69, 9.17) is 23.2 Å². The van der Waals surface area contributed by atoms with E-state index in [1.165, 1.54) is 77.0 Å². The predicted molar refractivity (Wildman–Crippen MR) is 133 cm³/mol. The predicted octanol–water partition coefficient (Wildman–Crippen LogP) is 6.28. The molecule has 3 heterocycles. The summed E-state index contributed by atoms with van der Waals surface area (Å²) in [6.45, 7) is 2.87. The second-order valence-electron chi connectivity index (χ2n) is 8.83. The van der Waals surface area contributed by atoms with Crippen molar-refractivity contribution in [1.82, 2.24) is 39.7 Å². The summed E-state index contributed by atoms with van der Waals surface area (Å²) in [6, 6.07) is 0. The number of aryl methyl sites for hydroxylation is 4. The molecule has 182 valence electrons. The third-order valence-electron chi connectivity index (χ3n) is 6.21. The summed E-state index contributed by atoms with van der Waals surface area (Å²) in [5.74, 6) is 1.90. The highest BCUT2D eigenvalue weighted by molar-refractivity contribution is 6.35. The lowest BCUT2D eigenvalue weighted by Gasteiger charge is -2.07. The minimum Gasteiger partial charge on any atom is -0.324 e. The number of nitrogens with zero attached hydrogens (tertiary/aromatic N) is 8. The van der Waals surface area contributed by atoms with Crippen LogP contribution in [-0.4, -0.2) is 39.7 Å². The van der Waals surface area contributed by atoms with Crippen molar-refractivity contribution in [2.45, 2.75) is 103 Å². The third kappa shape index (κ3) is 8.18. The van der Waals surface area contributed by atoms with Crippen molar-refractivity contribution in [3.8, 4) is 0 Å². The largest absolute Gasteiger partial charge is 0.324 e. The molecule has 0 spiro atoms. The van der Waals surface area contributed by atoms with Crippen molar-refractivity contribution in [3.05, 3.63) is 22.1 Å². The first-order chi connectivity index (χ1) is 16.1. The summed E-state index contributed by atoms with van der Waals surface area (Å²) in [7, 11) is 1.91. The molecule has 3 aromatic heterocycles. The molecule has 0 amide bonds. The zero-order chi connectivity index (χ0) is 23.5. The van der Waals surface area contributed by atoms with E-state index in [1.54, 1.807) is 4.68 Å². The fraction of sp³-hybridized carbons (Fsp3) is 0.739.